The van der Waals surface area contributed by atoms with E-state index in [1.54, 1.807) is 36.2 Å². The molecule has 1 aromatic heterocycles. The Hall–Kier alpha value is -3.47. The molecule has 1 saturated heterocycles. The molecule has 1 amide bonds. The van der Waals surface area contributed by atoms with Crippen LogP contribution in [0.3, 0.4) is 0 Å². The van der Waals surface area contributed by atoms with Gasteiger partial charge in [0.2, 0.25) is 0 Å². The highest BCUT2D eigenvalue weighted by Gasteiger charge is 2.22. The molecule has 1 aliphatic heterocycles. The van der Waals surface area contributed by atoms with Gasteiger partial charge in [0.05, 0.1) is 32.8 Å². The molecule has 2 aromatic carbocycles. The molecule has 3 aromatic rings. The molecule has 0 saturated carbocycles. The Bertz CT molecular complexity index is 1360. The first-order valence-electron chi connectivity index (χ1n) is 11.3. The van der Waals surface area contributed by atoms with Crippen molar-refractivity contribution in [1.82, 2.24) is 19.6 Å². The summed E-state index contributed by atoms with van der Waals surface area (Å²) in [4.78, 5) is 44.3. The lowest BCUT2D eigenvalue weighted by atomic mass is 10.2. The van der Waals surface area contributed by atoms with Crippen LogP contribution in [-0.2, 0) is 0 Å². The van der Waals surface area contributed by atoms with Crippen molar-refractivity contribution < 1.29 is 9.72 Å². The minimum absolute atomic E-state index is 0.0450. The van der Waals surface area contributed by atoms with Gasteiger partial charge in [-0.1, -0.05) is 23.2 Å². The third-order valence-electron chi connectivity index (χ3n) is 6.03. The van der Waals surface area contributed by atoms with Gasteiger partial charge in [-0.3, -0.25) is 34.7 Å². The summed E-state index contributed by atoms with van der Waals surface area (Å²) in [6.45, 7) is 5.61. The summed E-state index contributed by atoms with van der Waals surface area (Å²) in [5.41, 5.74) is 1.78. The molecule has 36 heavy (non-hydrogen) atoms. The van der Waals surface area contributed by atoms with Gasteiger partial charge in [-0.05, 0) is 37.3 Å². The first-order valence-corrected chi connectivity index (χ1v) is 12.0. The second-order valence-electron chi connectivity index (χ2n) is 8.36. The van der Waals surface area contributed by atoms with E-state index in [-0.39, 0.29) is 17.2 Å². The van der Waals surface area contributed by atoms with Gasteiger partial charge in [0.15, 0.2) is 0 Å². The average Bonchev–Trinajstić information content (AvgIpc) is 3.16. The molecule has 4 rings (SSSR count). The van der Waals surface area contributed by atoms with E-state index in [1.165, 1.54) is 28.9 Å². The quantitative estimate of drug-likeness (QED) is 0.284. The third kappa shape index (κ3) is 5.67. The van der Waals surface area contributed by atoms with Crippen LogP contribution in [0, 0.1) is 17.0 Å². The summed E-state index contributed by atoms with van der Waals surface area (Å²) in [5, 5.41) is 14.6. The molecule has 2 heterocycles. The van der Waals surface area contributed by atoms with Gasteiger partial charge in [-0.2, -0.15) is 0 Å². The van der Waals surface area contributed by atoms with Crippen molar-refractivity contribution in [2.75, 3.05) is 39.3 Å². The topological polar surface area (TPSA) is 117 Å². The van der Waals surface area contributed by atoms with Crippen molar-refractivity contribution in [2.45, 2.75) is 6.92 Å². The van der Waals surface area contributed by atoms with E-state index >= 15 is 0 Å². The monoisotopic (exact) mass is 530 g/mol. The number of rotatable bonds is 7. The Balaban J connectivity index is 1.30. The number of nitro benzene ring substituents is 1. The van der Waals surface area contributed by atoms with Crippen molar-refractivity contribution in [2.24, 2.45) is 4.99 Å². The van der Waals surface area contributed by atoms with Crippen LogP contribution in [0.1, 0.15) is 21.6 Å². The number of amides is 1. The molecule has 0 bridgehead atoms. The molecular weight excluding hydrogens is 507 g/mol. The third-order valence-corrected chi connectivity index (χ3v) is 6.77. The van der Waals surface area contributed by atoms with E-state index in [0.29, 0.717) is 58.7 Å². The largest absolute Gasteiger partial charge is 0.336 e. The van der Waals surface area contributed by atoms with Gasteiger partial charge >= 0.3 is 0 Å². The number of nitrogens with zero attached hydrogens (tertiary/aromatic N) is 5. The maximum Gasteiger partial charge on any atom is 0.280 e. The minimum Gasteiger partial charge on any atom is -0.336 e. The second kappa shape index (κ2) is 11.1. The van der Waals surface area contributed by atoms with Crippen LogP contribution in [0.2, 0.25) is 10.0 Å². The number of hydrogen-bond donors (Lipinski definition) is 1. The average molecular weight is 531 g/mol. The van der Waals surface area contributed by atoms with Crippen LogP contribution in [0.15, 0.2) is 52.3 Å². The van der Waals surface area contributed by atoms with Gasteiger partial charge in [-0.25, -0.2) is 4.68 Å². The molecule has 188 valence electrons. The minimum atomic E-state index is -0.488. The van der Waals surface area contributed by atoms with Gasteiger partial charge < -0.3 is 4.90 Å². The standard InChI is InChI=1S/C24H24Cl2N6O4/c1-16-20(24(34)31(28-16)18-3-5-19(6-4-18)32(35)36)15-27-8-9-29-10-12-30(13-11-29)23(33)17-2-7-21(25)22(26)14-17/h2-7,14-15,28H,8-13H2,1H3. The van der Waals surface area contributed by atoms with Crippen LogP contribution in [-0.4, -0.2) is 75.9 Å². The molecule has 1 N–H and O–H groups in total. The molecular formula is C24H24Cl2N6O4. The molecule has 0 radical (unpaired) electrons. The molecule has 1 aliphatic rings. The predicted molar refractivity (Wildman–Crippen MR) is 139 cm³/mol. The summed E-state index contributed by atoms with van der Waals surface area (Å²) < 4.78 is 1.34. The van der Waals surface area contributed by atoms with E-state index < -0.39 is 4.92 Å². The number of benzene rings is 2. The molecule has 0 aliphatic carbocycles. The van der Waals surface area contributed by atoms with Crippen LogP contribution in [0.25, 0.3) is 5.69 Å². The lowest BCUT2D eigenvalue weighted by Crippen LogP contribution is -2.49. The normalized spacial score (nSPS) is 14.5. The molecule has 0 spiro atoms. The van der Waals surface area contributed by atoms with E-state index in [1.807, 2.05) is 0 Å². The van der Waals surface area contributed by atoms with Crippen molar-refractivity contribution in [3.8, 4) is 5.69 Å². The molecule has 0 atom stereocenters. The summed E-state index contributed by atoms with van der Waals surface area (Å²) in [7, 11) is 0. The number of H-pyrrole nitrogens is 1. The number of non-ortho nitro benzene ring substituents is 1. The van der Waals surface area contributed by atoms with Crippen LogP contribution >= 0.6 is 23.2 Å². The number of aliphatic imine (C=N–C) groups is 1. The fourth-order valence-corrected chi connectivity index (χ4v) is 4.26. The highest BCUT2D eigenvalue weighted by molar-refractivity contribution is 6.42. The Kier molecular flexibility index (Phi) is 7.88. The number of carbonyl (C=O) groups is 1. The maximum atomic E-state index is 12.8. The molecule has 0 unspecified atom stereocenters. The number of nitro groups is 1. The van der Waals surface area contributed by atoms with Gasteiger partial charge in [0.25, 0.3) is 17.2 Å². The van der Waals surface area contributed by atoms with Gasteiger partial charge in [0, 0.05) is 62.3 Å². The smallest absolute Gasteiger partial charge is 0.280 e. The Labute approximate surface area is 216 Å². The summed E-state index contributed by atoms with van der Waals surface area (Å²) in [6.07, 6.45) is 1.56. The van der Waals surface area contributed by atoms with Crippen molar-refractivity contribution in [1.29, 1.82) is 0 Å². The second-order valence-corrected chi connectivity index (χ2v) is 9.18. The van der Waals surface area contributed by atoms with Crippen LogP contribution in [0.5, 0.6) is 0 Å². The Morgan fingerprint density at radius 2 is 1.81 bits per heavy atom. The Morgan fingerprint density at radius 1 is 1.11 bits per heavy atom. The highest BCUT2D eigenvalue weighted by Crippen LogP contribution is 2.23. The zero-order chi connectivity index (χ0) is 25.8. The molecule has 1 fully saturated rings. The number of aromatic nitrogens is 2. The van der Waals surface area contributed by atoms with Gasteiger partial charge in [-0.15, -0.1) is 0 Å². The van der Waals surface area contributed by atoms with E-state index in [4.69, 9.17) is 23.2 Å². The van der Waals surface area contributed by atoms with Crippen molar-refractivity contribution in [3.05, 3.63) is 89.8 Å². The van der Waals surface area contributed by atoms with Crippen LogP contribution in [0.4, 0.5) is 5.69 Å². The lowest BCUT2D eigenvalue weighted by Gasteiger charge is -2.34. The number of hydrogen-bond acceptors (Lipinski definition) is 6. The SMILES string of the molecule is Cc1[nH]n(-c2ccc([N+](=O)[O-])cc2)c(=O)c1C=NCCN1CCN(C(=O)c2ccc(Cl)c(Cl)c2)CC1. The van der Waals surface area contributed by atoms with Gasteiger partial charge in [0.1, 0.15) is 0 Å². The molecule has 12 heteroatoms. The van der Waals surface area contributed by atoms with E-state index in [9.17, 15) is 19.7 Å². The number of aryl methyl sites for hydroxylation is 1. The molecule has 10 nitrogen and oxygen atoms in total. The highest BCUT2D eigenvalue weighted by atomic mass is 35.5. The number of piperazine rings is 1. The zero-order valence-corrected chi connectivity index (χ0v) is 21.0. The number of aromatic amines is 1. The van der Waals surface area contributed by atoms with Crippen molar-refractivity contribution >= 4 is 41.0 Å². The van der Waals surface area contributed by atoms with E-state index in [2.05, 4.69) is 15.0 Å². The lowest BCUT2D eigenvalue weighted by molar-refractivity contribution is -0.384. The summed E-state index contributed by atoms with van der Waals surface area (Å²) in [6, 6.07) is 10.6. The van der Waals surface area contributed by atoms with Crippen molar-refractivity contribution in [3.63, 3.8) is 0 Å². The number of carbonyl (C=O) groups excluding carboxylic acids is 1. The fraction of sp³-hybridized carbons (Fsp3) is 0.292. The summed E-state index contributed by atoms with van der Waals surface area (Å²) in [5.74, 6) is -0.0709. The first kappa shape index (κ1) is 25.6. The fourth-order valence-electron chi connectivity index (χ4n) is 3.96. The maximum absolute atomic E-state index is 12.8. The zero-order valence-electron chi connectivity index (χ0n) is 19.5. The predicted octanol–water partition coefficient (Wildman–Crippen LogP) is 3.57. The number of nitrogens with one attached hydrogen (secondary N) is 1. The number of halogens is 2. The van der Waals surface area contributed by atoms with Crippen LogP contribution < -0.4 is 5.56 Å². The summed E-state index contributed by atoms with van der Waals surface area (Å²) >= 11 is 12.0. The van der Waals surface area contributed by atoms with E-state index in [0.717, 1.165) is 13.1 Å². The first-order chi connectivity index (χ1) is 17.2. The Morgan fingerprint density at radius 3 is 2.44 bits per heavy atom.